The standard InChI is InChI=1S/C22H26O8/c1-12(2)10-17(24)29-15(22(3,4)25)11-28-21-19-14(8-9-27-19)18(26-5)13-6-7-16(23)30-20(13)21/h6-9,12,15,25H,10-11H2,1-5H3/t15-/m0/s1. The Morgan fingerprint density at radius 1 is 1.13 bits per heavy atom. The summed E-state index contributed by atoms with van der Waals surface area (Å²) in [6.07, 6.45) is 0.726. The van der Waals surface area contributed by atoms with Crippen molar-refractivity contribution in [3.63, 3.8) is 0 Å². The van der Waals surface area contributed by atoms with Gasteiger partial charge in [-0.3, -0.25) is 4.79 Å². The largest absolute Gasteiger partial charge is 0.495 e. The lowest BCUT2D eigenvalue weighted by atomic mass is 10.0. The smallest absolute Gasteiger partial charge is 0.336 e. The molecular formula is C22H26O8. The molecular weight excluding hydrogens is 392 g/mol. The van der Waals surface area contributed by atoms with E-state index in [2.05, 4.69) is 0 Å². The van der Waals surface area contributed by atoms with Crippen LogP contribution in [0.15, 0.2) is 38.1 Å². The second-order valence-electron chi connectivity index (χ2n) is 8.06. The van der Waals surface area contributed by atoms with Crippen molar-refractivity contribution in [2.45, 2.75) is 45.8 Å². The Kier molecular flexibility index (Phi) is 6.07. The molecule has 0 unspecified atom stereocenters. The normalized spacial score (nSPS) is 13.0. The van der Waals surface area contributed by atoms with Crippen LogP contribution in [0.4, 0.5) is 0 Å². The molecule has 0 aliphatic rings. The first-order valence-corrected chi connectivity index (χ1v) is 9.67. The molecule has 0 aliphatic heterocycles. The molecule has 8 nitrogen and oxygen atoms in total. The van der Waals surface area contributed by atoms with Crippen LogP contribution in [-0.4, -0.2) is 36.5 Å². The van der Waals surface area contributed by atoms with E-state index >= 15 is 0 Å². The summed E-state index contributed by atoms with van der Waals surface area (Å²) in [7, 11) is 1.51. The van der Waals surface area contributed by atoms with Gasteiger partial charge in [-0.1, -0.05) is 13.8 Å². The van der Waals surface area contributed by atoms with Crippen molar-refractivity contribution >= 4 is 27.9 Å². The van der Waals surface area contributed by atoms with Crippen LogP contribution < -0.4 is 15.1 Å². The number of carbonyl (C=O) groups excluding carboxylic acids is 1. The lowest BCUT2D eigenvalue weighted by Gasteiger charge is -2.29. The van der Waals surface area contributed by atoms with Crippen molar-refractivity contribution in [3.05, 3.63) is 34.9 Å². The molecule has 2 heterocycles. The number of carbonyl (C=O) groups is 1. The number of furan rings is 1. The maximum absolute atomic E-state index is 12.1. The molecule has 0 amide bonds. The highest BCUT2D eigenvalue weighted by atomic mass is 16.6. The molecule has 2 aromatic heterocycles. The molecule has 0 bridgehead atoms. The molecule has 3 rings (SSSR count). The summed E-state index contributed by atoms with van der Waals surface area (Å²) in [5.41, 5.74) is -1.47. The fraction of sp³-hybridized carbons (Fsp3) is 0.455. The number of hydrogen-bond acceptors (Lipinski definition) is 8. The molecule has 0 spiro atoms. The van der Waals surface area contributed by atoms with Crippen molar-refractivity contribution in [1.29, 1.82) is 0 Å². The Bertz CT molecular complexity index is 1100. The predicted octanol–water partition coefficient (Wildman–Crippen LogP) is 3.66. The van der Waals surface area contributed by atoms with E-state index in [-0.39, 0.29) is 30.3 Å². The summed E-state index contributed by atoms with van der Waals surface area (Å²) in [6.45, 7) is 6.67. The van der Waals surface area contributed by atoms with Gasteiger partial charge in [-0.25, -0.2) is 4.79 Å². The van der Waals surface area contributed by atoms with Crippen LogP contribution in [0.2, 0.25) is 0 Å². The van der Waals surface area contributed by atoms with Crippen molar-refractivity contribution in [3.8, 4) is 11.5 Å². The van der Waals surface area contributed by atoms with Gasteiger partial charge in [-0.15, -0.1) is 0 Å². The summed E-state index contributed by atoms with van der Waals surface area (Å²) in [5, 5.41) is 11.6. The lowest BCUT2D eigenvalue weighted by molar-refractivity contribution is -0.166. The quantitative estimate of drug-likeness (QED) is 0.436. The Hall–Kier alpha value is -3.00. The SMILES string of the molecule is COc1c2ccoc2c(OC[C@H](OC(=O)CC(C)C)C(C)(C)O)c2oc(=O)ccc12. The van der Waals surface area contributed by atoms with Gasteiger partial charge in [0.2, 0.25) is 5.75 Å². The molecule has 0 radical (unpaired) electrons. The molecule has 8 heteroatoms. The highest BCUT2D eigenvalue weighted by Crippen LogP contribution is 2.42. The first kappa shape index (κ1) is 21.7. The van der Waals surface area contributed by atoms with E-state index < -0.39 is 23.3 Å². The molecule has 162 valence electrons. The van der Waals surface area contributed by atoms with Crippen LogP contribution in [-0.2, 0) is 9.53 Å². The monoisotopic (exact) mass is 418 g/mol. The van der Waals surface area contributed by atoms with Gasteiger partial charge >= 0.3 is 11.6 Å². The van der Waals surface area contributed by atoms with E-state index in [1.807, 2.05) is 13.8 Å². The summed E-state index contributed by atoms with van der Waals surface area (Å²) in [4.78, 5) is 24.0. The minimum absolute atomic E-state index is 0.114. The highest BCUT2D eigenvalue weighted by molar-refractivity contribution is 6.06. The Morgan fingerprint density at radius 2 is 1.83 bits per heavy atom. The molecule has 30 heavy (non-hydrogen) atoms. The molecule has 1 N–H and O–H groups in total. The summed E-state index contributed by atoms with van der Waals surface area (Å²) in [5.74, 6) is 0.323. The van der Waals surface area contributed by atoms with E-state index in [1.165, 1.54) is 33.3 Å². The first-order valence-electron chi connectivity index (χ1n) is 9.67. The van der Waals surface area contributed by atoms with Crippen LogP contribution in [0.25, 0.3) is 21.9 Å². The van der Waals surface area contributed by atoms with Crippen LogP contribution in [0.1, 0.15) is 34.1 Å². The minimum atomic E-state index is -1.36. The van der Waals surface area contributed by atoms with E-state index in [4.69, 9.17) is 23.0 Å². The number of ether oxygens (including phenoxy) is 3. The Labute approximate surface area is 173 Å². The van der Waals surface area contributed by atoms with Gasteiger partial charge in [0.1, 0.15) is 12.4 Å². The predicted molar refractivity (Wildman–Crippen MR) is 110 cm³/mol. The van der Waals surface area contributed by atoms with Gasteiger partial charge in [-0.05, 0) is 31.9 Å². The van der Waals surface area contributed by atoms with Crippen LogP contribution in [0.5, 0.6) is 11.5 Å². The molecule has 3 aromatic rings. The number of benzene rings is 1. The maximum atomic E-state index is 12.1. The lowest BCUT2D eigenvalue weighted by Crippen LogP contribution is -2.44. The van der Waals surface area contributed by atoms with Crippen molar-refractivity contribution in [2.75, 3.05) is 13.7 Å². The van der Waals surface area contributed by atoms with Crippen molar-refractivity contribution in [1.82, 2.24) is 0 Å². The van der Waals surface area contributed by atoms with Gasteiger partial charge < -0.3 is 28.2 Å². The fourth-order valence-corrected chi connectivity index (χ4v) is 3.11. The third kappa shape index (κ3) is 4.43. The number of methoxy groups -OCH3 is 1. The van der Waals surface area contributed by atoms with E-state index in [0.29, 0.717) is 22.1 Å². The fourth-order valence-electron chi connectivity index (χ4n) is 3.11. The molecule has 0 saturated carbocycles. The summed E-state index contributed by atoms with van der Waals surface area (Å²) < 4.78 is 27.8. The molecule has 1 aromatic carbocycles. The third-order valence-corrected chi connectivity index (χ3v) is 4.62. The zero-order valence-electron chi connectivity index (χ0n) is 17.7. The molecule has 0 aliphatic carbocycles. The average molecular weight is 418 g/mol. The van der Waals surface area contributed by atoms with Gasteiger partial charge in [0.15, 0.2) is 17.3 Å². The number of rotatable bonds is 8. The average Bonchev–Trinajstić information content (AvgIpc) is 3.11. The van der Waals surface area contributed by atoms with Gasteiger partial charge in [0.05, 0.1) is 29.7 Å². The zero-order valence-corrected chi connectivity index (χ0v) is 17.7. The number of fused-ring (bicyclic) bond motifs is 2. The first-order chi connectivity index (χ1) is 14.1. The Morgan fingerprint density at radius 3 is 2.47 bits per heavy atom. The van der Waals surface area contributed by atoms with Crippen LogP contribution in [0.3, 0.4) is 0 Å². The topological polar surface area (TPSA) is 108 Å². The van der Waals surface area contributed by atoms with E-state index in [1.54, 1.807) is 12.1 Å². The Balaban J connectivity index is 2.01. The van der Waals surface area contributed by atoms with Crippen LogP contribution in [0, 0.1) is 5.92 Å². The van der Waals surface area contributed by atoms with E-state index in [9.17, 15) is 14.7 Å². The van der Waals surface area contributed by atoms with Gasteiger partial charge in [-0.2, -0.15) is 0 Å². The number of hydrogen-bond donors (Lipinski definition) is 1. The number of aliphatic hydroxyl groups is 1. The highest BCUT2D eigenvalue weighted by Gasteiger charge is 2.32. The van der Waals surface area contributed by atoms with E-state index in [0.717, 1.165) is 0 Å². The van der Waals surface area contributed by atoms with Crippen molar-refractivity contribution in [2.24, 2.45) is 5.92 Å². The summed E-state index contributed by atoms with van der Waals surface area (Å²) >= 11 is 0. The van der Waals surface area contributed by atoms with Gasteiger partial charge in [0.25, 0.3) is 0 Å². The van der Waals surface area contributed by atoms with Crippen LogP contribution >= 0.6 is 0 Å². The molecule has 1 atom stereocenters. The second kappa shape index (κ2) is 8.39. The minimum Gasteiger partial charge on any atom is -0.495 e. The molecule has 0 fully saturated rings. The van der Waals surface area contributed by atoms with Crippen molar-refractivity contribution < 1.29 is 32.9 Å². The zero-order chi connectivity index (χ0) is 22.1. The second-order valence-corrected chi connectivity index (χ2v) is 8.06. The molecule has 0 saturated heterocycles. The third-order valence-electron chi connectivity index (χ3n) is 4.62. The summed E-state index contributed by atoms with van der Waals surface area (Å²) in [6, 6.07) is 4.57. The number of esters is 1. The van der Waals surface area contributed by atoms with Gasteiger partial charge in [0, 0.05) is 12.5 Å². The maximum Gasteiger partial charge on any atom is 0.336 e.